The maximum Gasteiger partial charge on any atom is 0.415 e. The number of ether oxygens (including phenoxy) is 1. The van der Waals surface area contributed by atoms with Crippen LogP contribution in [0.1, 0.15) is 61.0 Å². The Morgan fingerprint density at radius 2 is 1.58 bits per heavy atom. The fourth-order valence-electron chi connectivity index (χ4n) is 7.03. The number of hydrogen-bond donors (Lipinski definition) is 1. The minimum Gasteiger partial charge on any atom is -0.447 e. The molecule has 45 heavy (non-hydrogen) atoms. The highest BCUT2D eigenvalue weighted by Gasteiger charge is 2.42. The lowest BCUT2D eigenvalue weighted by atomic mass is 10.0. The van der Waals surface area contributed by atoms with Gasteiger partial charge in [-0.2, -0.15) is 4.98 Å². The Balaban J connectivity index is 1.54. The first-order chi connectivity index (χ1) is 21.4. The summed E-state index contributed by atoms with van der Waals surface area (Å²) in [5.74, 6) is 4.74. The average molecular weight is 628 g/mol. The summed E-state index contributed by atoms with van der Waals surface area (Å²) < 4.78 is 5.48. The minimum absolute atomic E-state index is 0.114. The molecule has 10 heteroatoms. The van der Waals surface area contributed by atoms with Gasteiger partial charge in [-0.1, -0.05) is 61.3 Å². The number of likely N-dealkylation sites (N-methyl/N-ethyl adjacent to an activating group) is 1. The normalized spacial score (nSPS) is 17.9. The van der Waals surface area contributed by atoms with Crippen molar-refractivity contribution in [1.29, 1.82) is 0 Å². The van der Waals surface area contributed by atoms with E-state index in [2.05, 4.69) is 118 Å². The summed E-state index contributed by atoms with van der Waals surface area (Å²) in [6.45, 7) is 22.5. The van der Waals surface area contributed by atoms with E-state index in [0.29, 0.717) is 40.6 Å². The van der Waals surface area contributed by atoms with Gasteiger partial charge in [-0.05, 0) is 59.9 Å². The van der Waals surface area contributed by atoms with Gasteiger partial charge in [-0.3, -0.25) is 4.90 Å². The van der Waals surface area contributed by atoms with Gasteiger partial charge in [0.2, 0.25) is 5.95 Å². The summed E-state index contributed by atoms with van der Waals surface area (Å²) in [7, 11) is 0.145. The smallest absolute Gasteiger partial charge is 0.415 e. The highest BCUT2D eigenvalue weighted by molar-refractivity contribution is 6.90. The van der Waals surface area contributed by atoms with E-state index >= 15 is 0 Å². The van der Waals surface area contributed by atoms with E-state index in [1.54, 1.807) is 11.1 Å². The Bertz CT molecular complexity index is 1550. The summed E-state index contributed by atoms with van der Waals surface area (Å²) in [4.78, 5) is 33.8. The van der Waals surface area contributed by atoms with Gasteiger partial charge >= 0.3 is 6.09 Å². The van der Waals surface area contributed by atoms with E-state index in [1.165, 1.54) is 5.69 Å². The van der Waals surface area contributed by atoms with E-state index in [-0.39, 0.29) is 18.1 Å². The monoisotopic (exact) mass is 627 g/mol. The predicted octanol–water partition coefficient (Wildman–Crippen LogP) is 7.07. The first-order valence-corrected chi connectivity index (χ1v) is 18.6. The van der Waals surface area contributed by atoms with Crippen molar-refractivity contribution < 1.29 is 9.53 Å². The third-order valence-corrected chi connectivity index (χ3v) is 16.0. The summed E-state index contributed by atoms with van der Waals surface area (Å²) in [5, 5.41) is 4.13. The molecule has 9 nitrogen and oxygen atoms in total. The number of aromatic nitrogens is 3. The summed E-state index contributed by atoms with van der Waals surface area (Å²) in [5.41, 5.74) is 8.71. The van der Waals surface area contributed by atoms with E-state index in [1.807, 2.05) is 6.07 Å². The molecular weight excluding hydrogens is 579 g/mol. The van der Waals surface area contributed by atoms with Crippen molar-refractivity contribution in [2.75, 3.05) is 55.0 Å². The second kappa shape index (κ2) is 13.4. The van der Waals surface area contributed by atoms with Crippen LogP contribution in [0.5, 0.6) is 0 Å². The van der Waals surface area contributed by atoms with Crippen molar-refractivity contribution in [3.05, 3.63) is 42.1 Å². The Kier molecular flexibility index (Phi) is 9.70. The van der Waals surface area contributed by atoms with Crippen LogP contribution in [0.4, 0.5) is 27.9 Å². The Morgan fingerprint density at radius 3 is 2.18 bits per heavy atom. The number of nitrogens with zero attached hydrogens (tertiary/aromatic N) is 6. The van der Waals surface area contributed by atoms with Crippen LogP contribution in [0.3, 0.4) is 0 Å². The largest absolute Gasteiger partial charge is 0.447 e. The Hall–Kier alpha value is -3.68. The number of amides is 1. The van der Waals surface area contributed by atoms with Crippen LogP contribution in [0, 0.1) is 17.4 Å². The average Bonchev–Trinajstić information content (AvgIpc) is 3.39. The molecule has 0 bridgehead atoms. The van der Waals surface area contributed by atoms with Crippen LogP contribution in [0.2, 0.25) is 16.6 Å². The number of fused-ring (bicyclic) bond motifs is 1. The summed E-state index contributed by atoms with van der Waals surface area (Å²) in [6.07, 6.45) is 1.41. The van der Waals surface area contributed by atoms with E-state index in [4.69, 9.17) is 14.7 Å². The van der Waals surface area contributed by atoms with Crippen molar-refractivity contribution >= 4 is 48.3 Å². The number of piperazine rings is 1. The van der Waals surface area contributed by atoms with Gasteiger partial charge in [0.1, 0.15) is 20.5 Å². The lowest BCUT2D eigenvalue weighted by Crippen LogP contribution is -2.44. The molecule has 2 aliphatic rings. The van der Waals surface area contributed by atoms with Crippen LogP contribution in [0.15, 0.2) is 36.5 Å². The number of nitrogens with one attached hydrogen (secondary N) is 1. The third kappa shape index (κ3) is 6.65. The van der Waals surface area contributed by atoms with Crippen LogP contribution in [-0.2, 0) is 4.74 Å². The number of hydrogen-bond acceptors (Lipinski definition) is 8. The zero-order chi connectivity index (χ0) is 32.5. The van der Waals surface area contributed by atoms with Gasteiger partial charge in [0.05, 0.1) is 11.4 Å². The highest BCUT2D eigenvalue weighted by atomic mass is 28.3. The Morgan fingerprint density at radius 1 is 0.933 bits per heavy atom. The minimum atomic E-state index is -2.02. The van der Waals surface area contributed by atoms with E-state index < -0.39 is 8.07 Å². The van der Waals surface area contributed by atoms with Gasteiger partial charge in [-0.15, -0.1) is 5.54 Å². The number of carbonyl (C=O) groups is 1. The van der Waals surface area contributed by atoms with Gasteiger partial charge in [0.15, 0.2) is 5.65 Å². The van der Waals surface area contributed by atoms with Gasteiger partial charge in [0, 0.05) is 49.3 Å². The number of anilines is 4. The van der Waals surface area contributed by atoms with Crippen molar-refractivity contribution in [2.45, 2.75) is 78.1 Å². The molecule has 5 rings (SSSR count). The molecule has 0 aliphatic carbocycles. The Labute approximate surface area is 269 Å². The molecule has 1 unspecified atom stereocenters. The third-order valence-electron chi connectivity index (χ3n) is 9.75. The number of pyridine rings is 1. The molecule has 3 aromatic rings. The quantitative estimate of drug-likeness (QED) is 0.210. The van der Waals surface area contributed by atoms with Crippen LogP contribution < -0.4 is 15.1 Å². The second-order valence-corrected chi connectivity index (χ2v) is 19.4. The molecular formula is C35H49N7O2Si. The van der Waals surface area contributed by atoms with E-state index in [0.717, 1.165) is 42.8 Å². The summed E-state index contributed by atoms with van der Waals surface area (Å²) >= 11 is 0. The molecule has 1 amide bonds. The molecule has 4 heterocycles. The molecule has 2 saturated heterocycles. The van der Waals surface area contributed by atoms with Crippen LogP contribution in [0.25, 0.3) is 11.0 Å². The molecule has 2 aromatic heterocycles. The van der Waals surface area contributed by atoms with Crippen molar-refractivity contribution in [3.8, 4) is 11.5 Å². The lowest BCUT2D eigenvalue weighted by Gasteiger charge is -2.38. The number of carbonyl (C=O) groups excluding carboxylic acids is 1. The maximum atomic E-state index is 13.0. The molecule has 0 radical (unpaired) electrons. The van der Waals surface area contributed by atoms with Crippen molar-refractivity contribution in [3.63, 3.8) is 0 Å². The van der Waals surface area contributed by atoms with Crippen LogP contribution >= 0.6 is 0 Å². The van der Waals surface area contributed by atoms with Crippen molar-refractivity contribution in [2.24, 2.45) is 5.92 Å². The molecule has 0 saturated carbocycles. The fourth-order valence-corrected chi connectivity index (χ4v) is 12.2. The highest BCUT2D eigenvalue weighted by Crippen LogP contribution is 2.41. The first-order valence-electron chi connectivity index (χ1n) is 16.4. The van der Waals surface area contributed by atoms with Crippen molar-refractivity contribution in [1.82, 2.24) is 19.9 Å². The fraction of sp³-hybridized carbons (Fsp3) is 0.543. The predicted molar refractivity (Wildman–Crippen MR) is 187 cm³/mol. The molecule has 0 spiro atoms. The maximum absolute atomic E-state index is 13.0. The van der Waals surface area contributed by atoms with E-state index in [9.17, 15) is 4.79 Å². The topological polar surface area (TPSA) is 86.7 Å². The molecule has 2 aliphatic heterocycles. The zero-order valence-electron chi connectivity index (χ0n) is 28.4. The first kappa shape index (κ1) is 32.7. The van der Waals surface area contributed by atoms with Crippen LogP contribution in [-0.4, -0.2) is 79.9 Å². The lowest BCUT2D eigenvalue weighted by molar-refractivity contribution is 0.177. The number of benzene rings is 1. The molecule has 240 valence electrons. The number of rotatable bonds is 8. The van der Waals surface area contributed by atoms with Gasteiger partial charge < -0.3 is 19.9 Å². The van der Waals surface area contributed by atoms with Gasteiger partial charge in [-0.25, -0.2) is 14.8 Å². The summed E-state index contributed by atoms with van der Waals surface area (Å²) in [6, 6.07) is 10.2. The number of cyclic esters (lactones) is 1. The molecule has 1 N–H and O–H groups in total. The second-order valence-electron chi connectivity index (χ2n) is 13.8. The standard InChI is InChI=1S/C35H49N7O2Si/c1-23(2)31-22-44-35(43)42(31)32-20-27(14-19-45(24(3)4,25(5)6)26(7)8)30-21-36-34(39-33(30)38-32)37-28-10-12-29(13-11-28)41-17-15-40(9)16-18-41/h10-13,20-21,23-26,31H,15-18,22H2,1-9H3,(H,36,37,38,39). The molecule has 1 atom stereocenters. The molecule has 2 fully saturated rings. The SMILES string of the molecule is CC(C)C1COC(=O)N1c1cc(C#C[Si](C(C)C)(C(C)C)C(C)C)c2cnc(Nc3ccc(N4CCN(C)CC4)cc3)nc2n1. The van der Waals surface area contributed by atoms with Gasteiger partial charge in [0.25, 0.3) is 0 Å². The molecule has 1 aromatic carbocycles. The zero-order valence-corrected chi connectivity index (χ0v) is 29.4.